The summed E-state index contributed by atoms with van der Waals surface area (Å²) < 4.78 is 3.89. The van der Waals surface area contributed by atoms with Crippen molar-refractivity contribution in [1.29, 1.82) is 0 Å². The van der Waals surface area contributed by atoms with Crippen molar-refractivity contribution < 1.29 is 5.11 Å². The van der Waals surface area contributed by atoms with Gasteiger partial charge in [0.25, 0.3) is 0 Å². The van der Waals surface area contributed by atoms with E-state index >= 15 is 0 Å². The minimum absolute atomic E-state index is 0.595. The molecule has 0 spiro atoms. The lowest BCUT2D eigenvalue weighted by Gasteiger charge is -2.37. The van der Waals surface area contributed by atoms with Gasteiger partial charge < -0.3 is 9.67 Å². The van der Waals surface area contributed by atoms with Crippen LogP contribution in [0.3, 0.4) is 0 Å². The Kier molecular flexibility index (Phi) is 6.34. The maximum Gasteiger partial charge on any atom is 0.133 e. The van der Waals surface area contributed by atoms with Gasteiger partial charge in [-0.3, -0.25) is 0 Å². The molecule has 1 N–H and O–H groups in total. The molecule has 0 fully saturated rings. The fourth-order valence-electron chi connectivity index (χ4n) is 4.30. The SMILES string of the molecule is OC(c1cn(C(c2ccccc2)(c2ccccc2)c2ccccc2)cn1)c1scc(Br)c1Br. The van der Waals surface area contributed by atoms with Crippen LogP contribution >= 0.6 is 43.2 Å². The molecule has 0 bridgehead atoms. The summed E-state index contributed by atoms with van der Waals surface area (Å²) in [6.45, 7) is 0. The first-order valence-electron chi connectivity index (χ1n) is 10.4. The van der Waals surface area contributed by atoms with Gasteiger partial charge >= 0.3 is 0 Å². The fraction of sp³-hybridized carbons (Fsp3) is 0.0741. The van der Waals surface area contributed by atoms with Crippen LogP contribution < -0.4 is 0 Å². The average Bonchev–Trinajstić information content (AvgIpc) is 3.49. The van der Waals surface area contributed by atoms with Gasteiger partial charge in [-0.1, -0.05) is 91.0 Å². The smallest absolute Gasteiger partial charge is 0.133 e. The molecule has 5 rings (SSSR count). The number of aliphatic hydroxyl groups excluding tert-OH is 1. The van der Waals surface area contributed by atoms with Gasteiger partial charge in [-0.25, -0.2) is 4.98 Å². The lowest BCUT2D eigenvalue weighted by Crippen LogP contribution is -2.37. The molecule has 0 aliphatic heterocycles. The Labute approximate surface area is 213 Å². The molecular formula is C27H20Br2N2OS. The first-order chi connectivity index (χ1) is 16.1. The van der Waals surface area contributed by atoms with Crippen molar-refractivity contribution >= 4 is 43.2 Å². The van der Waals surface area contributed by atoms with Crippen molar-refractivity contribution in [3.8, 4) is 0 Å². The molecule has 0 saturated heterocycles. The largest absolute Gasteiger partial charge is 0.381 e. The van der Waals surface area contributed by atoms with Gasteiger partial charge in [0.1, 0.15) is 11.6 Å². The van der Waals surface area contributed by atoms with Crippen LogP contribution in [-0.4, -0.2) is 14.7 Å². The Hall–Kier alpha value is -2.51. The van der Waals surface area contributed by atoms with E-state index in [4.69, 9.17) is 0 Å². The van der Waals surface area contributed by atoms with Gasteiger partial charge in [0.15, 0.2) is 0 Å². The lowest BCUT2D eigenvalue weighted by atomic mass is 9.77. The number of halogens is 2. The Morgan fingerprint density at radius 2 is 1.27 bits per heavy atom. The predicted molar refractivity (Wildman–Crippen MR) is 141 cm³/mol. The van der Waals surface area contributed by atoms with E-state index < -0.39 is 11.6 Å². The predicted octanol–water partition coefficient (Wildman–Crippen LogP) is 7.39. The second-order valence-corrected chi connectivity index (χ2v) is 10.2. The second-order valence-electron chi connectivity index (χ2n) is 7.68. The lowest BCUT2D eigenvalue weighted by molar-refractivity contribution is 0.218. The molecule has 1 atom stereocenters. The van der Waals surface area contributed by atoms with Crippen LogP contribution in [0.15, 0.2) is 118 Å². The summed E-state index contributed by atoms with van der Waals surface area (Å²) in [6.07, 6.45) is 2.94. The van der Waals surface area contributed by atoms with E-state index in [1.807, 2.05) is 36.1 Å². The van der Waals surface area contributed by atoms with E-state index in [9.17, 15) is 5.11 Å². The van der Waals surface area contributed by atoms with Gasteiger partial charge in [-0.15, -0.1) is 11.3 Å². The molecule has 5 aromatic rings. The Bertz CT molecular complexity index is 1250. The monoisotopic (exact) mass is 578 g/mol. The highest BCUT2D eigenvalue weighted by molar-refractivity contribution is 9.13. The Morgan fingerprint density at radius 3 is 1.70 bits per heavy atom. The second kappa shape index (κ2) is 9.39. The summed E-state index contributed by atoms with van der Waals surface area (Å²) in [5.74, 6) is 0. The number of imidazole rings is 1. The summed E-state index contributed by atoms with van der Waals surface area (Å²) in [7, 11) is 0. The van der Waals surface area contributed by atoms with E-state index in [1.165, 1.54) is 11.3 Å². The molecule has 0 aliphatic carbocycles. The molecule has 6 heteroatoms. The van der Waals surface area contributed by atoms with Gasteiger partial charge in [-0.2, -0.15) is 0 Å². The van der Waals surface area contributed by atoms with Gasteiger partial charge in [0, 0.05) is 20.5 Å². The normalized spacial score (nSPS) is 12.6. The first kappa shape index (κ1) is 22.3. The van der Waals surface area contributed by atoms with E-state index in [-0.39, 0.29) is 0 Å². The molecule has 0 saturated carbocycles. The molecule has 33 heavy (non-hydrogen) atoms. The van der Waals surface area contributed by atoms with Crippen molar-refractivity contribution in [2.45, 2.75) is 11.6 Å². The van der Waals surface area contributed by atoms with E-state index in [0.29, 0.717) is 5.69 Å². The highest BCUT2D eigenvalue weighted by Crippen LogP contribution is 2.42. The Balaban J connectivity index is 1.75. The van der Waals surface area contributed by atoms with Crippen LogP contribution in [0.25, 0.3) is 0 Å². The van der Waals surface area contributed by atoms with Gasteiger partial charge in [-0.05, 0) is 48.6 Å². The highest BCUT2D eigenvalue weighted by atomic mass is 79.9. The molecule has 0 amide bonds. The van der Waals surface area contributed by atoms with Gasteiger partial charge in [0.05, 0.1) is 16.9 Å². The standard InChI is InChI=1S/C27H20Br2N2OS/c28-22-17-33-26(24(22)29)25(32)23-16-31(18-30-23)27(19-10-4-1-5-11-19,20-12-6-2-7-13-20)21-14-8-3-9-15-21/h1-18,25,32H. The molecule has 1 unspecified atom stereocenters. The van der Waals surface area contributed by atoms with Gasteiger partial charge in [0.2, 0.25) is 0 Å². The number of aliphatic hydroxyl groups is 1. The summed E-state index contributed by atoms with van der Waals surface area (Å²) >= 11 is 8.58. The Morgan fingerprint density at radius 1 is 0.788 bits per heavy atom. The van der Waals surface area contributed by atoms with Crippen molar-refractivity contribution in [2.75, 3.05) is 0 Å². The van der Waals surface area contributed by atoms with Crippen molar-refractivity contribution in [2.24, 2.45) is 0 Å². The summed E-state index contributed by atoms with van der Waals surface area (Å²) in [6, 6.07) is 31.3. The van der Waals surface area contributed by atoms with E-state index in [2.05, 4.69) is 114 Å². The summed E-state index contributed by atoms with van der Waals surface area (Å²) in [4.78, 5) is 5.49. The summed E-state index contributed by atoms with van der Waals surface area (Å²) in [5, 5.41) is 13.1. The zero-order valence-corrected chi connectivity index (χ0v) is 21.5. The van der Waals surface area contributed by atoms with Crippen molar-refractivity contribution in [1.82, 2.24) is 9.55 Å². The maximum atomic E-state index is 11.2. The van der Waals surface area contributed by atoms with Crippen LogP contribution in [0, 0.1) is 0 Å². The van der Waals surface area contributed by atoms with Crippen LogP contribution in [-0.2, 0) is 5.54 Å². The number of rotatable bonds is 6. The van der Waals surface area contributed by atoms with Crippen LogP contribution in [0.2, 0.25) is 0 Å². The highest BCUT2D eigenvalue weighted by Gasteiger charge is 2.38. The van der Waals surface area contributed by atoms with E-state index in [0.717, 1.165) is 30.5 Å². The first-order valence-corrected chi connectivity index (χ1v) is 12.9. The molecule has 2 heterocycles. The third-order valence-corrected chi connectivity index (χ3v) is 9.42. The number of aromatic nitrogens is 2. The van der Waals surface area contributed by atoms with Crippen molar-refractivity contribution in [3.63, 3.8) is 0 Å². The van der Waals surface area contributed by atoms with Crippen LogP contribution in [0.1, 0.15) is 33.4 Å². The molecule has 3 nitrogen and oxygen atoms in total. The van der Waals surface area contributed by atoms with Crippen LogP contribution in [0.5, 0.6) is 0 Å². The van der Waals surface area contributed by atoms with Crippen molar-refractivity contribution in [3.05, 3.63) is 145 Å². The average molecular weight is 580 g/mol. The number of benzene rings is 3. The molecule has 2 aromatic heterocycles. The van der Waals surface area contributed by atoms with Crippen LogP contribution in [0.4, 0.5) is 0 Å². The van der Waals surface area contributed by atoms with E-state index in [1.54, 1.807) is 0 Å². The maximum absolute atomic E-state index is 11.2. The molecular weight excluding hydrogens is 560 g/mol. The molecule has 164 valence electrons. The topological polar surface area (TPSA) is 38.0 Å². The zero-order chi connectivity index (χ0) is 22.8. The molecule has 0 radical (unpaired) electrons. The number of thiophene rings is 1. The molecule has 3 aromatic carbocycles. The number of hydrogen-bond donors (Lipinski definition) is 1. The fourth-order valence-corrected chi connectivity index (χ4v) is 6.50. The third-order valence-electron chi connectivity index (χ3n) is 5.81. The summed E-state index contributed by atoms with van der Waals surface area (Å²) in [5.41, 5.74) is 3.28. The number of nitrogens with zero attached hydrogens (tertiary/aromatic N) is 2. The third kappa shape index (κ3) is 3.91. The molecule has 0 aliphatic rings. The minimum atomic E-state index is -0.836. The zero-order valence-electron chi connectivity index (χ0n) is 17.5. The quantitative estimate of drug-likeness (QED) is 0.213. The minimum Gasteiger partial charge on any atom is -0.381 e. The number of hydrogen-bond acceptors (Lipinski definition) is 3.